The van der Waals surface area contributed by atoms with E-state index in [9.17, 15) is 22.4 Å². The van der Waals surface area contributed by atoms with E-state index < -0.39 is 34.3 Å². The maximum absolute atomic E-state index is 13.9. The van der Waals surface area contributed by atoms with Crippen molar-refractivity contribution in [1.29, 1.82) is 0 Å². The highest BCUT2D eigenvalue weighted by molar-refractivity contribution is 7.92. The van der Waals surface area contributed by atoms with Crippen LogP contribution in [-0.2, 0) is 32.6 Å². The first-order valence-corrected chi connectivity index (χ1v) is 14.0. The normalized spacial score (nSPS) is 12.0. The Morgan fingerprint density at radius 2 is 1.58 bits per heavy atom. The van der Waals surface area contributed by atoms with Crippen molar-refractivity contribution < 1.29 is 22.4 Å². The van der Waals surface area contributed by atoms with Crippen LogP contribution in [0.3, 0.4) is 0 Å². The van der Waals surface area contributed by atoms with E-state index in [2.05, 4.69) is 5.32 Å². The first-order valence-electron chi connectivity index (χ1n) is 12.6. The molecule has 9 heteroatoms. The second-order valence-corrected chi connectivity index (χ2v) is 10.9. The van der Waals surface area contributed by atoms with Gasteiger partial charge in [-0.15, -0.1) is 0 Å². The molecular weight excluding hydrogens is 505 g/mol. The van der Waals surface area contributed by atoms with Gasteiger partial charge in [0.1, 0.15) is 18.4 Å². The summed E-state index contributed by atoms with van der Waals surface area (Å²) in [5.41, 5.74) is 2.67. The number of sulfonamides is 1. The number of aryl methyl sites for hydroxylation is 2. The minimum atomic E-state index is -4.13. The lowest BCUT2D eigenvalue weighted by molar-refractivity contribution is -0.139. The molecule has 0 saturated heterocycles. The van der Waals surface area contributed by atoms with Crippen LogP contribution in [0.4, 0.5) is 10.1 Å². The molecule has 0 heterocycles. The molecule has 0 radical (unpaired) electrons. The molecule has 0 aliphatic heterocycles. The third-order valence-electron chi connectivity index (χ3n) is 6.31. The van der Waals surface area contributed by atoms with E-state index in [-0.39, 0.29) is 17.3 Å². The number of carbonyl (C=O) groups excluding carboxylic acids is 2. The monoisotopic (exact) mass is 539 g/mol. The molecule has 0 bridgehead atoms. The molecule has 202 valence electrons. The molecule has 3 aromatic rings. The summed E-state index contributed by atoms with van der Waals surface area (Å²) in [6, 6.07) is 18.2. The van der Waals surface area contributed by atoms with Gasteiger partial charge < -0.3 is 10.2 Å². The van der Waals surface area contributed by atoms with Gasteiger partial charge in [-0.05, 0) is 68.7 Å². The number of anilines is 1. The summed E-state index contributed by atoms with van der Waals surface area (Å²) in [7, 11) is -4.13. The van der Waals surface area contributed by atoms with Crippen molar-refractivity contribution in [3.63, 3.8) is 0 Å². The number of carbonyl (C=O) groups is 2. The van der Waals surface area contributed by atoms with Gasteiger partial charge in [0.05, 0.1) is 10.6 Å². The molecule has 0 aromatic heterocycles. The Balaban J connectivity index is 2.06. The number of benzene rings is 3. The minimum absolute atomic E-state index is 0.00522. The van der Waals surface area contributed by atoms with Crippen LogP contribution in [0.2, 0.25) is 0 Å². The second kappa shape index (κ2) is 12.7. The summed E-state index contributed by atoms with van der Waals surface area (Å²) in [5.74, 6) is -1.35. The van der Waals surface area contributed by atoms with E-state index in [1.54, 1.807) is 38.1 Å². The van der Waals surface area contributed by atoms with E-state index in [1.165, 1.54) is 41.3 Å². The summed E-state index contributed by atoms with van der Waals surface area (Å²) in [5, 5.41) is 2.72. The van der Waals surface area contributed by atoms with E-state index in [0.29, 0.717) is 24.2 Å². The Morgan fingerprint density at radius 3 is 2.18 bits per heavy atom. The lowest BCUT2D eigenvalue weighted by Crippen LogP contribution is -2.51. The maximum atomic E-state index is 13.9. The Bertz CT molecular complexity index is 1360. The Hall–Kier alpha value is -3.72. The van der Waals surface area contributed by atoms with Crippen LogP contribution < -0.4 is 9.62 Å². The number of hydrogen-bond acceptors (Lipinski definition) is 4. The van der Waals surface area contributed by atoms with E-state index in [1.807, 2.05) is 26.0 Å². The third kappa shape index (κ3) is 6.77. The molecule has 3 rings (SSSR count). The molecule has 0 aliphatic carbocycles. The number of rotatable bonds is 11. The molecule has 2 amide bonds. The molecule has 3 aromatic carbocycles. The zero-order valence-corrected chi connectivity index (χ0v) is 23.0. The topological polar surface area (TPSA) is 86.8 Å². The highest BCUT2D eigenvalue weighted by Gasteiger charge is 2.33. The van der Waals surface area contributed by atoms with Crippen molar-refractivity contribution >= 4 is 27.5 Å². The first kappa shape index (κ1) is 28.8. The van der Waals surface area contributed by atoms with Gasteiger partial charge in [-0.2, -0.15) is 0 Å². The van der Waals surface area contributed by atoms with Gasteiger partial charge in [0.25, 0.3) is 10.0 Å². The van der Waals surface area contributed by atoms with Crippen LogP contribution in [0.5, 0.6) is 0 Å². The van der Waals surface area contributed by atoms with Gasteiger partial charge in [-0.25, -0.2) is 12.8 Å². The van der Waals surface area contributed by atoms with Crippen LogP contribution in [0, 0.1) is 12.7 Å². The van der Waals surface area contributed by atoms with Crippen LogP contribution in [0.15, 0.2) is 77.7 Å². The highest BCUT2D eigenvalue weighted by atomic mass is 32.2. The molecule has 0 fully saturated rings. The number of nitrogens with one attached hydrogen (secondary N) is 1. The Kier molecular flexibility index (Phi) is 9.63. The largest absolute Gasteiger partial charge is 0.355 e. The zero-order chi connectivity index (χ0) is 27.9. The van der Waals surface area contributed by atoms with E-state index in [0.717, 1.165) is 15.4 Å². The summed E-state index contributed by atoms with van der Waals surface area (Å²) >= 11 is 0. The average molecular weight is 540 g/mol. The number of nitrogens with zero attached hydrogens (tertiary/aromatic N) is 2. The maximum Gasteiger partial charge on any atom is 0.264 e. The Morgan fingerprint density at radius 1 is 0.947 bits per heavy atom. The number of para-hydroxylation sites is 1. The van der Waals surface area contributed by atoms with Crippen molar-refractivity contribution in [3.05, 3.63) is 95.3 Å². The van der Waals surface area contributed by atoms with Crippen molar-refractivity contribution in [1.82, 2.24) is 10.2 Å². The van der Waals surface area contributed by atoms with Crippen molar-refractivity contribution in [3.8, 4) is 0 Å². The third-order valence-corrected chi connectivity index (χ3v) is 8.09. The summed E-state index contributed by atoms with van der Waals surface area (Å²) in [6.07, 6.45) is 0.554. The molecule has 0 aliphatic rings. The lowest BCUT2D eigenvalue weighted by atomic mass is 10.1. The SMILES string of the molecule is CCNC(=O)[C@H](C)N(Cc1ccc(F)cc1)C(=O)CN(c1ccccc1CC)S(=O)(=O)c1ccc(C)cc1. The predicted molar refractivity (Wildman–Crippen MR) is 147 cm³/mol. The predicted octanol–water partition coefficient (Wildman–Crippen LogP) is 4.45. The van der Waals surface area contributed by atoms with Crippen molar-refractivity contribution in [2.24, 2.45) is 0 Å². The lowest BCUT2D eigenvalue weighted by Gasteiger charge is -2.32. The van der Waals surface area contributed by atoms with E-state index in [4.69, 9.17) is 0 Å². The van der Waals surface area contributed by atoms with Crippen LogP contribution in [0.25, 0.3) is 0 Å². The van der Waals surface area contributed by atoms with Gasteiger partial charge in [0, 0.05) is 13.1 Å². The summed E-state index contributed by atoms with van der Waals surface area (Å²) < 4.78 is 42.4. The molecule has 0 saturated carbocycles. The molecule has 0 unspecified atom stereocenters. The average Bonchev–Trinajstić information content (AvgIpc) is 2.91. The van der Waals surface area contributed by atoms with Crippen molar-refractivity contribution in [2.45, 2.75) is 51.6 Å². The van der Waals surface area contributed by atoms with E-state index >= 15 is 0 Å². The first-order chi connectivity index (χ1) is 18.1. The standard InChI is InChI=1S/C29H34FN3O4S/c1-5-24-9-7-8-10-27(24)33(38(36,37)26-17-11-21(3)12-18-26)20-28(34)32(22(4)29(35)31-6-2)19-23-13-15-25(30)16-14-23/h7-18,22H,5-6,19-20H2,1-4H3,(H,31,35)/t22-/m0/s1. The van der Waals surface area contributed by atoms with Crippen LogP contribution in [0.1, 0.15) is 37.5 Å². The molecule has 0 spiro atoms. The minimum Gasteiger partial charge on any atom is -0.355 e. The summed E-state index contributed by atoms with van der Waals surface area (Å²) in [6.45, 7) is 7.00. The van der Waals surface area contributed by atoms with Crippen LogP contribution >= 0.6 is 0 Å². The quantitative estimate of drug-likeness (QED) is 0.390. The number of amides is 2. The fourth-order valence-electron chi connectivity index (χ4n) is 4.09. The number of halogens is 1. The smallest absolute Gasteiger partial charge is 0.264 e. The highest BCUT2D eigenvalue weighted by Crippen LogP contribution is 2.28. The number of likely N-dealkylation sites (N-methyl/N-ethyl adjacent to an activating group) is 1. The van der Waals surface area contributed by atoms with Gasteiger partial charge in [-0.3, -0.25) is 13.9 Å². The molecule has 1 atom stereocenters. The number of hydrogen-bond donors (Lipinski definition) is 1. The van der Waals surface area contributed by atoms with Crippen molar-refractivity contribution in [2.75, 3.05) is 17.4 Å². The second-order valence-electron chi connectivity index (χ2n) is 9.03. The van der Waals surface area contributed by atoms with Crippen LogP contribution in [-0.4, -0.2) is 44.3 Å². The van der Waals surface area contributed by atoms with Gasteiger partial charge in [-0.1, -0.05) is 55.0 Å². The molecular formula is C29H34FN3O4S. The Labute approximate surface area is 224 Å². The van der Waals surface area contributed by atoms with Gasteiger partial charge in [0.15, 0.2) is 0 Å². The van der Waals surface area contributed by atoms with Gasteiger partial charge in [0.2, 0.25) is 11.8 Å². The molecule has 38 heavy (non-hydrogen) atoms. The fourth-order valence-corrected chi connectivity index (χ4v) is 5.55. The molecule has 7 nitrogen and oxygen atoms in total. The zero-order valence-electron chi connectivity index (χ0n) is 22.1. The van der Waals surface area contributed by atoms with Gasteiger partial charge >= 0.3 is 0 Å². The summed E-state index contributed by atoms with van der Waals surface area (Å²) in [4.78, 5) is 28.0. The molecule has 1 N–H and O–H groups in total. The fraction of sp³-hybridized carbons (Fsp3) is 0.310.